The average Bonchev–Trinajstić information content (AvgIpc) is 3.22. The van der Waals surface area contributed by atoms with Crippen molar-refractivity contribution in [2.24, 2.45) is 0 Å². The van der Waals surface area contributed by atoms with E-state index in [0.29, 0.717) is 22.1 Å². The fourth-order valence-corrected chi connectivity index (χ4v) is 2.81. The van der Waals surface area contributed by atoms with Crippen LogP contribution >= 0.6 is 11.3 Å². The van der Waals surface area contributed by atoms with Gasteiger partial charge in [0.1, 0.15) is 11.5 Å². The number of carbonyl (C=O) groups is 1. The van der Waals surface area contributed by atoms with E-state index in [1.54, 1.807) is 29.7 Å². The number of rotatable bonds is 5. The number of nitro groups is 1. The normalized spacial score (nSPS) is 10.9. The molecule has 0 bridgehead atoms. The van der Waals surface area contributed by atoms with Crippen LogP contribution in [-0.2, 0) is 4.79 Å². The molecular formula is C17H13N3O4S. The number of nitrogens with zero attached hydrogens (tertiary/aromatic N) is 2. The summed E-state index contributed by atoms with van der Waals surface area (Å²) >= 11 is 1.24. The summed E-state index contributed by atoms with van der Waals surface area (Å²) < 4.78 is 5.34. The molecule has 1 N–H and O–H groups in total. The highest BCUT2D eigenvalue weighted by molar-refractivity contribution is 7.14. The van der Waals surface area contributed by atoms with Crippen molar-refractivity contribution in [3.8, 4) is 11.3 Å². The molecule has 0 unspecified atom stereocenters. The van der Waals surface area contributed by atoms with E-state index < -0.39 is 4.92 Å². The Morgan fingerprint density at radius 1 is 1.36 bits per heavy atom. The maximum absolute atomic E-state index is 11.9. The van der Waals surface area contributed by atoms with Crippen molar-refractivity contribution in [2.75, 3.05) is 5.32 Å². The zero-order valence-corrected chi connectivity index (χ0v) is 13.9. The summed E-state index contributed by atoms with van der Waals surface area (Å²) in [4.78, 5) is 26.6. The van der Waals surface area contributed by atoms with Crippen molar-refractivity contribution in [1.82, 2.24) is 4.98 Å². The molecule has 126 valence electrons. The largest absolute Gasteiger partial charge is 0.462 e. The van der Waals surface area contributed by atoms with Gasteiger partial charge in [-0.05, 0) is 25.1 Å². The van der Waals surface area contributed by atoms with Crippen LogP contribution in [0.3, 0.4) is 0 Å². The Morgan fingerprint density at radius 2 is 2.20 bits per heavy atom. The third kappa shape index (κ3) is 4.18. The van der Waals surface area contributed by atoms with E-state index in [1.165, 1.54) is 29.5 Å². The number of aryl methyl sites for hydroxylation is 1. The first-order valence-electron chi connectivity index (χ1n) is 7.27. The Labute approximate surface area is 146 Å². The van der Waals surface area contributed by atoms with E-state index in [1.807, 2.05) is 13.0 Å². The third-order valence-corrected chi connectivity index (χ3v) is 4.00. The van der Waals surface area contributed by atoms with Gasteiger partial charge in [-0.25, -0.2) is 4.98 Å². The molecule has 25 heavy (non-hydrogen) atoms. The summed E-state index contributed by atoms with van der Waals surface area (Å²) in [6, 6.07) is 9.76. The molecule has 0 aliphatic rings. The van der Waals surface area contributed by atoms with Crippen molar-refractivity contribution in [3.63, 3.8) is 0 Å². The molecule has 2 heterocycles. The number of aromatic nitrogens is 1. The first kappa shape index (κ1) is 16.6. The fraction of sp³-hybridized carbons (Fsp3) is 0.0588. The molecule has 0 saturated carbocycles. The number of furan rings is 1. The fourth-order valence-electron chi connectivity index (χ4n) is 2.09. The lowest BCUT2D eigenvalue weighted by atomic mass is 10.1. The summed E-state index contributed by atoms with van der Waals surface area (Å²) in [6.07, 6.45) is 2.92. The SMILES string of the molecule is Cc1ccc(/C=C/C(=O)Nc2nc(-c3cccc([N+](=O)[O-])c3)cs2)o1. The van der Waals surface area contributed by atoms with Gasteiger partial charge in [0.05, 0.1) is 10.6 Å². The number of nitro benzene ring substituents is 1. The van der Waals surface area contributed by atoms with Crippen LogP contribution < -0.4 is 5.32 Å². The molecule has 1 aromatic carbocycles. The highest BCUT2D eigenvalue weighted by Gasteiger charge is 2.10. The molecule has 8 heteroatoms. The van der Waals surface area contributed by atoms with Gasteiger partial charge in [0.25, 0.3) is 5.69 Å². The maximum Gasteiger partial charge on any atom is 0.270 e. The minimum Gasteiger partial charge on any atom is -0.462 e. The molecule has 0 aliphatic heterocycles. The van der Waals surface area contributed by atoms with Gasteiger partial charge in [-0.1, -0.05) is 12.1 Å². The Balaban J connectivity index is 1.69. The Bertz CT molecular complexity index is 958. The Kier molecular flexibility index (Phi) is 4.71. The van der Waals surface area contributed by atoms with Gasteiger partial charge in [-0.3, -0.25) is 20.2 Å². The van der Waals surface area contributed by atoms with E-state index in [4.69, 9.17) is 4.42 Å². The maximum atomic E-state index is 11.9. The molecule has 3 aromatic rings. The van der Waals surface area contributed by atoms with Crippen LogP contribution in [-0.4, -0.2) is 15.8 Å². The molecule has 0 spiro atoms. The summed E-state index contributed by atoms with van der Waals surface area (Å²) in [7, 11) is 0. The standard InChI is InChI=1S/C17H13N3O4S/c1-11-5-6-14(24-11)7-8-16(21)19-17-18-15(10-25-17)12-3-2-4-13(9-12)20(22)23/h2-10H,1H3,(H,18,19,21)/b8-7+. The minimum absolute atomic E-state index is 0.00670. The first-order chi connectivity index (χ1) is 12.0. The zero-order valence-electron chi connectivity index (χ0n) is 13.1. The monoisotopic (exact) mass is 355 g/mol. The van der Waals surface area contributed by atoms with Crippen molar-refractivity contribution >= 4 is 34.1 Å². The molecule has 7 nitrogen and oxygen atoms in total. The Hall–Kier alpha value is -3.26. The second-order valence-corrected chi connectivity index (χ2v) is 5.97. The summed E-state index contributed by atoms with van der Waals surface area (Å²) in [5, 5.41) is 15.6. The predicted molar refractivity (Wildman–Crippen MR) is 95.3 cm³/mol. The number of hydrogen-bond acceptors (Lipinski definition) is 6. The van der Waals surface area contributed by atoms with Crippen LogP contribution in [0.5, 0.6) is 0 Å². The van der Waals surface area contributed by atoms with Crippen molar-refractivity contribution < 1.29 is 14.1 Å². The van der Waals surface area contributed by atoms with E-state index in [-0.39, 0.29) is 11.6 Å². The van der Waals surface area contributed by atoms with Crippen LogP contribution in [0.2, 0.25) is 0 Å². The molecule has 0 radical (unpaired) electrons. The number of anilines is 1. The lowest BCUT2D eigenvalue weighted by Gasteiger charge is -1.97. The number of nitrogens with one attached hydrogen (secondary N) is 1. The molecule has 1 amide bonds. The topological polar surface area (TPSA) is 98.3 Å². The van der Waals surface area contributed by atoms with E-state index in [9.17, 15) is 14.9 Å². The van der Waals surface area contributed by atoms with E-state index >= 15 is 0 Å². The number of amides is 1. The average molecular weight is 355 g/mol. The molecule has 0 atom stereocenters. The van der Waals surface area contributed by atoms with Crippen LogP contribution in [0.4, 0.5) is 10.8 Å². The molecule has 2 aromatic heterocycles. The van der Waals surface area contributed by atoms with Gasteiger partial charge in [0.15, 0.2) is 5.13 Å². The van der Waals surface area contributed by atoms with E-state index in [0.717, 1.165) is 5.76 Å². The van der Waals surface area contributed by atoms with Crippen molar-refractivity contribution in [3.05, 3.63) is 69.5 Å². The third-order valence-electron chi connectivity index (χ3n) is 3.25. The minimum atomic E-state index is -0.459. The van der Waals surface area contributed by atoms with Crippen LogP contribution in [0.1, 0.15) is 11.5 Å². The van der Waals surface area contributed by atoms with Crippen LogP contribution in [0, 0.1) is 17.0 Å². The summed E-state index contributed by atoms with van der Waals surface area (Å²) in [5.74, 6) is 1.01. The van der Waals surface area contributed by atoms with Gasteiger partial charge in [-0.15, -0.1) is 11.3 Å². The highest BCUT2D eigenvalue weighted by atomic mass is 32.1. The molecule has 0 aliphatic carbocycles. The smallest absolute Gasteiger partial charge is 0.270 e. The van der Waals surface area contributed by atoms with Gasteiger partial charge in [0.2, 0.25) is 5.91 Å². The number of hydrogen-bond donors (Lipinski definition) is 1. The molecule has 0 fully saturated rings. The van der Waals surface area contributed by atoms with Crippen LogP contribution in [0.25, 0.3) is 17.3 Å². The van der Waals surface area contributed by atoms with Gasteiger partial charge in [0, 0.05) is 29.2 Å². The van der Waals surface area contributed by atoms with Crippen molar-refractivity contribution in [2.45, 2.75) is 6.92 Å². The lowest BCUT2D eigenvalue weighted by Crippen LogP contribution is -2.07. The number of benzene rings is 1. The second-order valence-electron chi connectivity index (χ2n) is 5.12. The number of non-ortho nitro benzene ring substituents is 1. The van der Waals surface area contributed by atoms with Gasteiger partial charge >= 0.3 is 0 Å². The molecule has 3 rings (SSSR count). The highest BCUT2D eigenvalue weighted by Crippen LogP contribution is 2.27. The zero-order chi connectivity index (χ0) is 17.8. The number of carbonyl (C=O) groups excluding carboxylic acids is 1. The van der Waals surface area contributed by atoms with E-state index in [2.05, 4.69) is 10.3 Å². The quantitative estimate of drug-likeness (QED) is 0.418. The first-order valence-corrected chi connectivity index (χ1v) is 8.15. The second kappa shape index (κ2) is 7.10. The predicted octanol–water partition coefficient (Wildman–Crippen LogP) is 4.27. The summed E-state index contributed by atoms with van der Waals surface area (Å²) in [5.41, 5.74) is 1.18. The number of thiazole rings is 1. The van der Waals surface area contributed by atoms with Crippen LogP contribution in [0.15, 0.2) is 52.3 Å². The van der Waals surface area contributed by atoms with Gasteiger partial charge < -0.3 is 4.42 Å². The molecule has 0 saturated heterocycles. The Morgan fingerprint density at radius 3 is 2.92 bits per heavy atom. The van der Waals surface area contributed by atoms with Gasteiger partial charge in [-0.2, -0.15) is 0 Å². The summed E-state index contributed by atoms with van der Waals surface area (Å²) in [6.45, 7) is 1.82. The lowest BCUT2D eigenvalue weighted by molar-refractivity contribution is -0.384. The van der Waals surface area contributed by atoms with Crippen molar-refractivity contribution in [1.29, 1.82) is 0 Å². The molecular weight excluding hydrogens is 342 g/mol.